The van der Waals surface area contributed by atoms with Crippen molar-refractivity contribution < 1.29 is 0 Å². The predicted molar refractivity (Wildman–Crippen MR) is 147 cm³/mol. The van der Waals surface area contributed by atoms with Gasteiger partial charge in [0.25, 0.3) is 0 Å². The Morgan fingerprint density at radius 1 is 1.03 bits per heavy atom. The van der Waals surface area contributed by atoms with Crippen LogP contribution in [0.3, 0.4) is 0 Å². The Balaban J connectivity index is 1.58. The van der Waals surface area contributed by atoms with Crippen LogP contribution >= 0.6 is 0 Å². The van der Waals surface area contributed by atoms with Crippen molar-refractivity contribution in [2.24, 2.45) is 11.8 Å². The summed E-state index contributed by atoms with van der Waals surface area (Å²) >= 11 is 0. The maximum atomic E-state index is 4.45. The molecule has 2 aromatic rings. The molecule has 3 atom stereocenters. The molecule has 0 aliphatic heterocycles. The Labute approximate surface area is 207 Å². The zero-order chi connectivity index (χ0) is 24.0. The van der Waals surface area contributed by atoms with Gasteiger partial charge in [0.2, 0.25) is 0 Å². The van der Waals surface area contributed by atoms with Crippen molar-refractivity contribution in [3.63, 3.8) is 0 Å². The minimum atomic E-state index is 0.402. The Bertz CT molecular complexity index is 1230. The number of aryl methyl sites for hydroxylation is 4. The normalized spacial score (nSPS) is 24.9. The molecule has 176 valence electrons. The third-order valence-corrected chi connectivity index (χ3v) is 8.72. The van der Waals surface area contributed by atoms with E-state index < -0.39 is 0 Å². The fourth-order valence-corrected chi connectivity index (χ4v) is 7.01. The topological polar surface area (TPSA) is 0 Å². The summed E-state index contributed by atoms with van der Waals surface area (Å²) in [6.07, 6.45) is 12.1. The largest absolute Gasteiger partial charge is 0.0958 e. The minimum absolute atomic E-state index is 0.402. The molecular formula is C34H40. The molecule has 3 aliphatic carbocycles. The first-order valence-corrected chi connectivity index (χ1v) is 13.4. The van der Waals surface area contributed by atoms with Gasteiger partial charge in [-0.3, -0.25) is 0 Å². The van der Waals surface area contributed by atoms with Gasteiger partial charge in [-0.25, -0.2) is 0 Å². The lowest BCUT2D eigenvalue weighted by molar-refractivity contribution is 0.448. The molecule has 0 aromatic heterocycles. The van der Waals surface area contributed by atoms with Crippen molar-refractivity contribution in [3.05, 3.63) is 110 Å². The number of hydrogen-bond acceptors (Lipinski definition) is 0. The highest BCUT2D eigenvalue weighted by atomic mass is 14.5. The van der Waals surface area contributed by atoms with Crippen LogP contribution in [0.5, 0.6) is 0 Å². The van der Waals surface area contributed by atoms with Gasteiger partial charge in [0.1, 0.15) is 0 Å². The first-order valence-electron chi connectivity index (χ1n) is 13.4. The minimum Gasteiger partial charge on any atom is -0.0958 e. The predicted octanol–water partition coefficient (Wildman–Crippen LogP) is 8.96. The van der Waals surface area contributed by atoms with Crippen LogP contribution in [-0.4, -0.2) is 0 Å². The van der Waals surface area contributed by atoms with E-state index in [2.05, 4.69) is 89.7 Å². The van der Waals surface area contributed by atoms with E-state index in [0.717, 1.165) is 19.3 Å². The summed E-state index contributed by atoms with van der Waals surface area (Å²) in [5, 5.41) is 0. The van der Waals surface area contributed by atoms with Crippen LogP contribution in [0.25, 0.3) is 6.08 Å². The molecule has 1 saturated carbocycles. The van der Waals surface area contributed by atoms with Gasteiger partial charge in [-0.05, 0) is 109 Å². The van der Waals surface area contributed by atoms with E-state index in [9.17, 15) is 0 Å². The second-order valence-corrected chi connectivity index (χ2v) is 10.9. The Kier molecular flexibility index (Phi) is 6.28. The molecule has 34 heavy (non-hydrogen) atoms. The van der Waals surface area contributed by atoms with E-state index >= 15 is 0 Å². The summed E-state index contributed by atoms with van der Waals surface area (Å²) in [6, 6.07) is 14.4. The monoisotopic (exact) mass is 448 g/mol. The van der Waals surface area contributed by atoms with E-state index in [0.29, 0.717) is 17.8 Å². The van der Waals surface area contributed by atoms with Gasteiger partial charge in [0.05, 0.1) is 0 Å². The summed E-state index contributed by atoms with van der Waals surface area (Å²) < 4.78 is 0. The Morgan fingerprint density at radius 3 is 2.56 bits per heavy atom. The smallest absolute Gasteiger partial charge is 0.0168 e. The van der Waals surface area contributed by atoms with E-state index in [1.54, 1.807) is 22.3 Å². The van der Waals surface area contributed by atoms with E-state index in [1.165, 1.54) is 58.2 Å². The summed E-state index contributed by atoms with van der Waals surface area (Å²) in [4.78, 5) is 0. The van der Waals surface area contributed by atoms with Crippen LogP contribution in [0.1, 0.15) is 86.8 Å². The standard InChI is InChI=1S/C34H40/c1-7-24-13-15-31(26(8-2)17-24)34-32(21(3)4)22(5)16-30-20-29(23(6)33(30)34)19-25-12-14-27-10-9-11-28(27)18-25/h12-19,23,33-34H,3,7-11,20H2,1-2,4-6H3. The van der Waals surface area contributed by atoms with Crippen molar-refractivity contribution >= 4 is 6.08 Å². The van der Waals surface area contributed by atoms with Crippen molar-refractivity contribution in [1.82, 2.24) is 0 Å². The number of hydrogen-bond donors (Lipinski definition) is 0. The first-order chi connectivity index (χ1) is 16.4. The molecule has 0 N–H and O–H groups in total. The van der Waals surface area contributed by atoms with E-state index in [1.807, 2.05) is 0 Å². The third-order valence-electron chi connectivity index (χ3n) is 8.72. The van der Waals surface area contributed by atoms with Crippen molar-refractivity contribution in [2.45, 2.75) is 79.1 Å². The van der Waals surface area contributed by atoms with Gasteiger partial charge in [0, 0.05) is 5.92 Å². The molecule has 3 aliphatic rings. The number of rotatable bonds is 5. The lowest BCUT2D eigenvalue weighted by Gasteiger charge is -2.36. The molecule has 1 fully saturated rings. The van der Waals surface area contributed by atoms with Crippen LogP contribution < -0.4 is 0 Å². The molecule has 5 rings (SSSR count). The van der Waals surface area contributed by atoms with E-state index in [4.69, 9.17) is 0 Å². The first kappa shape index (κ1) is 23.2. The van der Waals surface area contributed by atoms with Crippen LogP contribution in [0, 0.1) is 11.8 Å². The fraction of sp³-hybridized carbons (Fsp3) is 0.412. The van der Waals surface area contributed by atoms with Crippen molar-refractivity contribution in [2.75, 3.05) is 0 Å². The molecule has 0 amide bonds. The zero-order valence-corrected chi connectivity index (χ0v) is 21.8. The average molecular weight is 449 g/mol. The summed E-state index contributed by atoms with van der Waals surface area (Å²) in [5.74, 6) is 1.45. The molecule has 0 radical (unpaired) electrons. The molecule has 0 saturated heterocycles. The molecule has 3 unspecified atom stereocenters. The van der Waals surface area contributed by atoms with Gasteiger partial charge in [-0.2, -0.15) is 0 Å². The summed E-state index contributed by atoms with van der Waals surface area (Å²) in [7, 11) is 0. The van der Waals surface area contributed by atoms with Crippen LogP contribution in [0.15, 0.2) is 76.9 Å². The molecular weight excluding hydrogens is 408 g/mol. The highest BCUT2D eigenvalue weighted by Gasteiger charge is 2.43. The van der Waals surface area contributed by atoms with Crippen LogP contribution in [0.4, 0.5) is 0 Å². The molecule has 2 aromatic carbocycles. The molecule has 0 bridgehead atoms. The highest BCUT2D eigenvalue weighted by molar-refractivity contribution is 5.62. The summed E-state index contributed by atoms with van der Waals surface area (Å²) in [5.41, 5.74) is 16.3. The third kappa shape index (κ3) is 3.96. The molecule has 0 spiro atoms. The van der Waals surface area contributed by atoms with Gasteiger partial charge >= 0.3 is 0 Å². The fourth-order valence-electron chi connectivity index (χ4n) is 7.01. The lowest BCUT2D eigenvalue weighted by atomic mass is 9.67. The molecule has 0 heteroatoms. The SMILES string of the molecule is C=C(C)C1=C(C)C=C2CC(=Cc3ccc4c(c3)CCC4)C(C)C2C1c1ccc(CC)cc1CC. The second kappa shape index (κ2) is 9.21. The average Bonchev–Trinajstić information content (AvgIpc) is 3.41. The van der Waals surface area contributed by atoms with Crippen LogP contribution in [0.2, 0.25) is 0 Å². The number of fused-ring (bicyclic) bond motifs is 2. The van der Waals surface area contributed by atoms with Gasteiger partial charge in [0.15, 0.2) is 0 Å². The summed E-state index contributed by atoms with van der Waals surface area (Å²) in [6.45, 7) is 16.0. The maximum Gasteiger partial charge on any atom is 0.0168 e. The van der Waals surface area contributed by atoms with Crippen molar-refractivity contribution in [1.29, 1.82) is 0 Å². The number of benzene rings is 2. The lowest BCUT2D eigenvalue weighted by Crippen LogP contribution is -2.24. The van der Waals surface area contributed by atoms with Gasteiger partial charge in [-0.15, -0.1) is 0 Å². The molecule has 0 heterocycles. The maximum absolute atomic E-state index is 4.45. The van der Waals surface area contributed by atoms with Gasteiger partial charge < -0.3 is 0 Å². The van der Waals surface area contributed by atoms with Crippen LogP contribution in [-0.2, 0) is 25.7 Å². The van der Waals surface area contributed by atoms with E-state index in [-0.39, 0.29) is 0 Å². The second-order valence-electron chi connectivity index (χ2n) is 10.9. The van der Waals surface area contributed by atoms with Crippen molar-refractivity contribution in [3.8, 4) is 0 Å². The van der Waals surface area contributed by atoms with Gasteiger partial charge in [-0.1, -0.05) is 92.6 Å². The molecule has 0 nitrogen and oxygen atoms in total. The quantitative estimate of drug-likeness (QED) is 0.428. The Hall–Kier alpha value is -2.60. The number of allylic oxidation sites excluding steroid dienone is 6. The Morgan fingerprint density at radius 2 is 1.82 bits per heavy atom. The zero-order valence-electron chi connectivity index (χ0n) is 21.8. The highest BCUT2D eigenvalue weighted by Crippen LogP contribution is 2.55.